The quantitative estimate of drug-likeness (QED) is 0.425. The Morgan fingerprint density at radius 2 is 1.48 bits per heavy atom. The van der Waals surface area contributed by atoms with Gasteiger partial charge in [0.15, 0.2) is 0 Å². The zero-order valence-corrected chi connectivity index (χ0v) is 15.3. The number of hydrogen-bond donors (Lipinski definition) is 0. The number of unbranched alkanes of at least 4 members (excludes halogenated alkanes) is 1. The summed E-state index contributed by atoms with van der Waals surface area (Å²) < 4.78 is 21.3. The van der Waals surface area contributed by atoms with Crippen LogP contribution >= 0.6 is 0 Å². The SMILES string of the molecule is CCCCOC(=O)c1ccccc1C(=O)OC(COCC)COCC. The van der Waals surface area contributed by atoms with Gasteiger partial charge in [-0.3, -0.25) is 0 Å². The van der Waals surface area contributed by atoms with Crippen molar-refractivity contribution in [2.24, 2.45) is 0 Å². The largest absolute Gasteiger partial charge is 0.462 e. The predicted octanol–water partition coefficient (Wildman–Crippen LogP) is 3.24. The van der Waals surface area contributed by atoms with Gasteiger partial charge in [-0.25, -0.2) is 9.59 Å². The highest BCUT2D eigenvalue weighted by Gasteiger charge is 2.22. The van der Waals surface area contributed by atoms with E-state index in [1.807, 2.05) is 20.8 Å². The molecule has 0 N–H and O–H groups in total. The van der Waals surface area contributed by atoms with Gasteiger partial charge in [0, 0.05) is 13.2 Å². The summed E-state index contributed by atoms with van der Waals surface area (Å²) in [6.07, 6.45) is 1.17. The third-order valence-electron chi connectivity index (χ3n) is 3.39. The molecule has 0 heterocycles. The van der Waals surface area contributed by atoms with Gasteiger partial charge in [-0.05, 0) is 32.4 Å². The first-order valence-corrected chi connectivity index (χ1v) is 8.76. The van der Waals surface area contributed by atoms with Crippen molar-refractivity contribution in [2.75, 3.05) is 33.0 Å². The highest BCUT2D eigenvalue weighted by Crippen LogP contribution is 2.14. The van der Waals surface area contributed by atoms with Crippen LogP contribution in [0.3, 0.4) is 0 Å². The number of ether oxygens (including phenoxy) is 4. The smallest absolute Gasteiger partial charge is 0.339 e. The lowest BCUT2D eigenvalue weighted by atomic mass is 10.1. The normalized spacial score (nSPS) is 10.7. The number of carbonyl (C=O) groups is 2. The lowest BCUT2D eigenvalue weighted by Crippen LogP contribution is -2.29. The first-order valence-electron chi connectivity index (χ1n) is 8.76. The Bertz CT molecular complexity index is 520. The van der Waals surface area contributed by atoms with Crippen molar-refractivity contribution >= 4 is 11.9 Å². The third-order valence-corrected chi connectivity index (χ3v) is 3.39. The molecule has 0 saturated heterocycles. The molecule has 1 aromatic rings. The maximum absolute atomic E-state index is 12.5. The van der Waals surface area contributed by atoms with E-state index in [0.29, 0.717) is 19.8 Å². The van der Waals surface area contributed by atoms with E-state index in [-0.39, 0.29) is 24.3 Å². The molecule has 140 valence electrons. The standard InChI is InChI=1S/C19H28O6/c1-4-7-12-24-18(20)16-10-8-9-11-17(16)19(21)25-15(13-22-5-2)14-23-6-3/h8-11,15H,4-7,12-14H2,1-3H3. The Kier molecular flexibility index (Phi) is 10.5. The molecule has 0 aliphatic heterocycles. The molecule has 25 heavy (non-hydrogen) atoms. The average Bonchev–Trinajstić information content (AvgIpc) is 2.63. The van der Waals surface area contributed by atoms with Crippen LogP contribution in [0.2, 0.25) is 0 Å². The Balaban J connectivity index is 2.80. The average molecular weight is 352 g/mol. The molecule has 0 aliphatic rings. The van der Waals surface area contributed by atoms with Gasteiger partial charge < -0.3 is 18.9 Å². The molecule has 0 atom stereocenters. The van der Waals surface area contributed by atoms with Crippen molar-refractivity contribution in [2.45, 2.75) is 39.7 Å². The van der Waals surface area contributed by atoms with Gasteiger partial charge in [0.05, 0.1) is 30.9 Å². The molecule has 0 radical (unpaired) electrons. The van der Waals surface area contributed by atoms with Crippen LogP contribution in [0.15, 0.2) is 24.3 Å². The number of esters is 2. The van der Waals surface area contributed by atoms with Crippen LogP contribution < -0.4 is 0 Å². The van der Waals surface area contributed by atoms with Gasteiger partial charge in [0.1, 0.15) is 6.10 Å². The predicted molar refractivity (Wildman–Crippen MR) is 93.8 cm³/mol. The number of benzene rings is 1. The van der Waals surface area contributed by atoms with Crippen molar-refractivity contribution < 1.29 is 28.5 Å². The molecule has 6 nitrogen and oxygen atoms in total. The maximum Gasteiger partial charge on any atom is 0.339 e. The van der Waals surface area contributed by atoms with Gasteiger partial charge in [0.25, 0.3) is 0 Å². The Morgan fingerprint density at radius 3 is 2.00 bits per heavy atom. The first-order chi connectivity index (χ1) is 12.1. The molecule has 0 aliphatic carbocycles. The van der Waals surface area contributed by atoms with E-state index < -0.39 is 18.0 Å². The second-order valence-corrected chi connectivity index (χ2v) is 5.38. The molecule has 6 heteroatoms. The number of rotatable bonds is 12. The second-order valence-electron chi connectivity index (χ2n) is 5.38. The van der Waals surface area contributed by atoms with E-state index in [2.05, 4.69) is 0 Å². The molecule has 1 rings (SSSR count). The molecule has 0 unspecified atom stereocenters. The van der Waals surface area contributed by atoms with Crippen molar-refractivity contribution in [3.63, 3.8) is 0 Å². The van der Waals surface area contributed by atoms with Gasteiger partial charge >= 0.3 is 11.9 Å². The lowest BCUT2D eigenvalue weighted by molar-refractivity contribution is -0.0364. The van der Waals surface area contributed by atoms with E-state index in [0.717, 1.165) is 12.8 Å². The van der Waals surface area contributed by atoms with E-state index in [9.17, 15) is 9.59 Å². The second kappa shape index (κ2) is 12.4. The molecule has 0 amide bonds. The number of carbonyl (C=O) groups excluding carboxylic acids is 2. The van der Waals surface area contributed by atoms with E-state index in [1.54, 1.807) is 24.3 Å². The summed E-state index contributed by atoms with van der Waals surface area (Å²) in [7, 11) is 0. The van der Waals surface area contributed by atoms with Crippen LogP contribution in [0.25, 0.3) is 0 Å². The summed E-state index contributed by atoms with van der Waals surface area (Å²) in [5.74, 6) is -1.11. The van der Waals surface area contributed by atoms with Crippen molar-refractivity contribution in [3.05, 3.63) is 35.4 Å². The Hall–Kier alpha value is -1.92. The molecule has 0 fully saturated rings. The molecule has 0 spiro atoms. The zero-order valence-electron chi connectivity index (χ0n) is 15.3. The molecule has 0 aromatic heterocycles. The van der Waals surface area contributed by atoms with Crippen LogP contribution in [0.1, 0.15) is 54.3 Å². The monoisotopic (exact) mass is 352 g/mol. The first kappa shape index (κ1) is 21.1. The summed E-state index contributed by atoms with van der Waals surface area (Å²) in [5.41, 5.74) is 0.386. The fourth-order valence-corrected chi connectivity index (χ4v) is 2.06. The summed E-state index contributed by atoms with van der Waals surface area (Å²) >= 11 is 0. The van der Waals surface area contributed by atoms with E-state index in [1.165, 1.54) is 0 Å². The fraction of sp³-hybridized carbons (Fsp3) is 0.579. The number of hydrogen-bond acceptors (Lipinski definition) is 6. The van der Waals surface area contributed by atoms with Gasteiger partial charge in [-0.1, -0.05) is 25.5 Å². The van der Waals surface area contributed by atoms with Crippen LogP contribution in [0.4, 0.5) is 0 Å². The molecule has 1 aromatic carbocycles. The van der Waals surface area contributed by atoms with Crippen LogP contribution in [-0.2, 0) is 18.9 Å². The highest BCUT2D eigenvalue weighted by atomic mass is 16.6. The van der Waals surface area contributed by atoms with Gasteiger partial charge in [-0.2, -0.15) is 0 Å². The van der Waals surface area contributed by atoms with Crippen molar-refractivity contribution in [1.29, 1.82) is 0 Å². The minimum atomic E-state index is -0.590. The summed E-state index contributed by atoms with van der Waals surface area (Å²) in [6.45, 7) is 7.58. The van der Waals surface area contributed by atoms with Crippen LogP contribution in [0, 0.1) is 0 Å². The maximum atomic E-state index is 12.5. The summed E-state index contributed by atoms with van der Waals surface area (Å²) in [4.78, 5) is 24.7. The fourth-order valence-electron chi connectivity index (χ4n) is 2.06. The van der Waals surface area contributed by atoms with Crippen LogP contribution in [0.5, 0.6) is 0 Å². The zero-order chi connectivity index (χ0) is 18.5. The third kappa shape index (κ3) is 7.67. The molecular formula is C19H28O6. The molecule has 0 bridgehead atoms. The van der Waals surface area contributed by atoms with Crippen molar-refractivity contribution in [3.8, 4) is 0 Å². The minimum absolute atomic E-state index is 0.182. The summed E-state index contributed by atoms with van der Waals surface area (Å²) in [6, 6.07) is 6.48. The van der Waals surface area contributed by atoms with Crippen LogP contribution in [-0.4, -0.2) is 51.1 Å². The lowest BCUT2D eigenvalue weighted by Gasteiger charge is -2.18. The Morgan fingerprint density at radius 1 is 0.920 bits per heavy atom. The summed E-state index contributed by atoms with van der Waals surface area (Å²) in [5, 5.41) is 0. The molecular weight excluding hydrogens is 324 g/mol. The van der Waals surface area contributed by atoms with E-state index in [4.69, 9.17) is 18.9 Å². The van der Waals surface area contributed by atoms with Gasteiger partial charge in [-0.15, -0.1) is 0 Å². The van der Waals surface area contributed by atoms with Gasteiger partial charge in [0.2, 0.25) is 0 Å². The topological polar surface area (TPSA) is 71.1 Å². The Labute approximate surface area is 149 Å². The van der Waals surface area contributed by atoms with Crippen molar-refractivity contribution in [1.82, 2.24) is 0 Å². The van der Waals surface area contributed by atoms with E-state index >= 15 is 0 Å². The molecule has 0 saturated carbocycles. The highest BCUT2D eigenvalue weighted by molar-refractivity contribution is 6.03. The minimum Gasteiger partial charge on any atom is -0.462 e.